The van der Waals surface area contributed by atoms with Crippen LogP contribution in [0.1, 0.15) is 39.2 Å². The molecule has 1 fully saturated rings. The molecule has 1 amide bonds. The van der Waals surface area contributed by atoms with Crippen molar-refractivity contribution in [3.63, 3.8) is 0 Å². The number of rotatable bonds is 2. The highest BCUT2D eigenvalue weighted by Gasteiger charge is 2.25. The molecule has 2 rings (SSSR count). The van der Waals surface area contributed by atoms with Gasteiger partial charge >= 0.3 is 0 Å². The van der Waals surface area contributed by atoms with E-state index in [0.717, 1.165) is 24.3 Å². The lowest BCUT2D eigenvalue weighted by atomic mass is 9.86. The van der Waals surface area contributed by atoms with Gasteiger partial charge in [-0.15, -0.1) is 11.8 Å². The molecule has 0 radical (unpaired) electrons. The number of hydrogen-bond acceptors (Lipinski definition) is 2. The first-order valence-electron chi connectivity index (χ1n) is 6.50. The third-order valence-corrected chi connectivity index (χ3v) is 4.59. The molecular formula is C15H21NOS. The van der Waals surface area contributed by atoms with Gasteiger partial charge in [0.05, 0.1) is 5.25 Å². The van der Waals surface area contributed by atoms with Crippen molar-refractivity contribution >= 4 is 23.4 Å². The summed E-state index contributed by atoms with van der Waals surface area (Å²) in [5, 5.41) is 3.24. The van der Waals surface area contributed by atoms with Gasteiger partial charge in [0.25, 0.3) is 0 Å². The Kier molecular flexibility index (Phi) is 4.00. The van der Waals surface area contributed by atoms with Crippen LogP contribution in [-0.2, 0) is 10.2 Å². The van der Waals surface area contributed by atoms with Crippen molar-refractivity contribution in [2.24, 2.45) is 0 Å². The first kappa shape index (κ1) is 13.5. The molecule has 0 aromatic heterocycles. The second-order valence-electron chi connectivity index (χ2n) is 5.79. The molecule has 1 saturated heterocycles. The van der Waals surface area contributed by atoms with Crippen LogP contribution < -0.4 is 5.32 Å². The zero-order valence-electron chi connectivity index (χ0n) is 11.3. The minimum Gasteiger partial charge on any atom is -0.325 e. The lowest BCUT2D eigenvalue weighted by molar-refractivity contribution is -0.115. The summed E-state index contributed by atoms with van der Waals surface area (Å²) in [6, 6.07) is 8.10. The molecule has 1 atom stereocenters. The maximum absolute atomic E-state index is 12.2. The van der Waals surface area contributed by atoms with Gasteiger partial charge in [0.2, 0.25) is 5.91 Å². The van der Waals surface area contributed by atoms with E-state index in [9.17, 15) is 4.79 Å². The number of benzene rings is 1. The van der Waals surface area contributed by atoms with E-state index in [4.69, 9.17) is 0 Å². The Bertz CT molecular complexity index is 430. The van der Waals surface area contributed by atoms with E-state index in [2.05, 4.69) is 32.2 Å². The molecule has 1 heterocycles. The monoisotopic (exact) mass is 263 g/mol. The molecule has 0 aliphatic carbocycles. The number of carbonyl (C=O) groups excluding carboxylic acids is 1. The van der Waals surface area contributed by atoms with E-state index in [-0.39, 0.29) is 16.6 Å². The molecule has 1 unspecified atom stereocenters. The van der Waals surface area contributed by atoms with Gasteiger partial charge in [-0.2, -0.15) is 0 Å². The van der Waals surface area contributed by atoms with Gasteiger partial charge in [0.1, 0.15) is 0 Å². The summed E-state index contributed by atoms with van der Waals surface area (Å²) in [7, 11) is 0. The summed E-state index contributed by atoms with van der Waals surface area (Å²) in [6.45, 7) is 6.51. The first-order chi connectivity index (χ1) is 8.48. The van der Waals surface area contributed by atoms with Crippen LogP contribution in [0.4, 0.5) is 5.69 Å². The van der Waals surface area contributed by atoms with Crippen molar-refractivity contribution in [1.82, 2.24) is 0 Å². The second kappa shape index (κ2) is 5.35. The molecule has 0 bridgehead atoms. The standard InChI is InChI=1S/C15H21NOS/c1-15(2,3)11-7-4-5-8-12(11)16-14(17)13-9-6-10-18-13/h4-5,7-8,13H,6,9-10H2,1-3H3,(H,16,17). The van der Waals surface area contributed by atoms with Crippen LogP contribution in [-0.4, -0.2) is 16.9 Å². The van der Waals surface area contributed by atoms with Crippen molar-refractivity contribution < 1.29 is 4.79 Å². The fourth-order valence-electron chi connectivity index (χ4n) is 2.24. The number of thioether (sulfide) groups is 1. The summed E-state index contributed by atoms with van der Waals surface area (Å²) >= 11 is 1.77. The fourth-order valence-corrected chi connectivity index (χ4v) is 3.41. The zero-order chi connectivity index (χ0) is 13.2. The Morgan fingerprint density at radius 1 is 1.33 bits per heavy atom. The minimum atomic E-state index is 0.0483. The van der Waals surface area contributed by atoms with Gasteiger partial charge in [-0.05, 0) is 35.6 Å². The third-order valence-electron chi connectivity index (χ3n) is 3.22. The van der Waals surface area contributed by atoms with E-state index >= 15 is 0 Å². The van der Waals surface area contributed by atoms with Crippen LogP contribution in [0.25, 0.3) is 0 Å². The number of nitrogens with one attached hydrogen (secondary N) is 1. The Morgan fingerprint density at radius 2 is 2.06 bits per heavy atom. The van der Waals surface area contributed by atoms with Gasteiger partial charge < -0.3 is 5.32 Å². The van der Waals surface area contributed by atoms with Crippen LogP contribution in [0.3, 0.4) is 0 Å². The average molecular weight is 263 g/mol. The van der Waals surface area contributed by atoms with Crippen LogP contribution in [0.15, 0.2) is 24.3 Å². The molecule has 2 nitrogen and oxygen atoms in total. The van der Waals surface area contributed by atoms with Gasteiger partial charge in [-0.1, -0.05) is 39.0 Å². The summed E-state index contributed by atoms with van der Waals surface area (Å²) in [4.78, 5) is 12.2. The van der Waals surface area contributed by atoms with Gasteiger partial charge in [0.15, 0.2) is 0 Å². The molecule has 0 spiro atoms. The summed E-state index contributed by atoms with van der Waals surface area (Å²) in [6.07, 6.45) is 2.16. The quantitative estimate of drug-likeness (QED) is 0.879. The Balaban J connectivity index is 2.16. The molecule has 18 heavy (non-hydrogen) atoms. The number of hydrogen-bond donors (Lipinski definition) is 1. The zero-order valence-corrected chi connectivity index (χ0v) is 12.1. The van der Waals surface area contributed by atoms with Crippen LogP contribution in [0, 0.1) is 0 Å². The molecule has 1 aliphatic rings. The van der Waals surface area contributed by atoms with E-state index in [1.807, 2.05) is 18.2 Å². The van der Waals surface area contributed by atoms with Crippen molar-refractivity contribution in [3.8, 4) is 0 Å². The second-order valence-corrected chi connectivity index (χ2v) is 7.10. The lowest BCUT2D eigenvalue weighted by Gasteiger charge is -2.23. The maximum atomic E-state index is 12.2. The van der Waals surface area contributed by atoms with Gasteiger partial charge in [-0.3, -0.25) is 4.79 Å². The molecular weight excluding hydrogens is 242 g/mol. The van der Waals surface area contributed by atoms with Crippen LogP contribution in [0.2, 0.25) is 0 Å². The number of amides is 1. The lowest BCUT2D eigenvalue weighted by Crippen LogP contribution is -2.25. The fraction of sp³-hybridized carbons (Fsp3) is 0.533. The van der Waals surface area contributed by atoms with E-state index in [0.29, 0.717) is 0 Å². The maximum Gasteiger partial charge on any atom is 0.237 e. The summed E-state index contributed by atoms with van der Waals surface area (Å²) in [5.41, 5.74) is 2.20. The molecule has 1 aromatic carbocycles. The van der Waals surface area contributed by atoms with Crippen molar-refractivity contribution in [3.05, 3.63) is 29.8 Å². The highest BCUT2D eigenvalue weighted by Crippen LogP contribution is 2.31. The normalized spacial score (nSPS) is 19.8. The molecule has 3 heteroatoms. The Labute approximate surface area is 114 Å². The first-order valence-corrected chi connectivity index (χ1v) is 7.55. The average Bonchev–Trinajstić information content (AvgIpc) is 2.81. The van der Waals surface area contributed by atoms with E-state index < -0.39 is 0 Å². The van der Waals surface area contributed by atoms with Crippen molar-refractivity contribution in [2.45, 2.75) is 44.3 Å². The van der Waals surface area contributed by atoms with E-state index in [1.165, 1.54) is 5.56 Å². The smallest absolute Gasteiger partial charge is 0.237 e. The number of para-hydroxylation sites is 1. The topological polar surface area (TPSA) is 29.1 Å². The SMILES string of the molecule is CC(C)(C)c1ccccc1NC(=O)C1CCCS1. The largest absolute Gasteiger partial charge is 0.325 e. The van der Waals surface area contributed by atoms with Crippen molar-refractivity contribution in [2.75, 3.05) is 11.1 Å². The molecule has 1 aliphatic heterocycles. The van der Waals surface area contributed by atoms with Crippen LogP contribution >= 0.6 is 11.8 Å². The molecule has 0 saturated carbocycles. The predicted octanol–water partition coefficient (Wildman–Crippen LogP) is 3.82. The van der Waals surface area contributed by atoms with Gasteiger partial charge in [-0.25, -0.2) is 0 Å². The van der Waals surface area contributed by atoms with Gasteiger partial charge in [0, 0.05) is 5.69 Å². The van der Waals surface area contributed by atoms with E-state index in [1.54, 1.807) is 11.8 Å². The number of carbonyl (C=O) groups is 1. The predicted molar refractivity (Wildman–Crippen MR) is 79.3 cm³/mol. The Hall–Kier alpha value is -0.960. The number of anilines is 1. The highest BCUT2D eigenvalue weighted by atomic mass is 32.2. The third kappa shape index (κ3) is 3.08. The van der Waals surface area contributed by atoms with Crippen molar-refractivity contribution in [1.29, 1.82) is 0 Å². The highest BCUT2D eigenvalue weighted by molar-refractivity contribution is 8.00. The Morgan fingerprint density at radius 3 is 2.67 bits per heavy atom. The van der Waals surface area contributed by atoms with Crippen LogP contribution in [0.5, 0.6) is 0 Å². The molecule has 1 N–H and O–H groups in total. The summed E-state index contributed by atoms with van der Waals surface area (Å²) in [5.74, 6) is 1.27. The summed E-state index contributed by atoms with van der Waals surface area (Å²) < 4.78 is 0. The molecule has 98 valence electrons. The molecule has 1 aromatic rings. The minimum absolute atomic E-state index is 0.0483.